The van der Waals surface area contributed by atoms with Crippen LogP contribution in [0.4, 0.5) is 5.69 Å². The zero-order valence-electron chi connectivity index (χ0n) is 13.1. The van der Waals surface area contributed by atoms with Gasteiger partial charge in [0.2, 0.25) is 0 Å². The number of nitrogens with zero attached hydrogens (tertiary/aromatic N) is 1. The minimum atomic E-state index is -0.897. The Hall–Kier alpha value is -2.14. The number of nitrogens with one attached hydrogen (secondary N) is 2. The quantitative estimate of drug-likeness (QED) is 0.770. The highest BCUT2D eigenvalue weighted by atomic mass is 16.4. The number of aromatic carboxylic acids is 1. The number of carboxylic acids is 1. The number of rotatable bonds is 5. The lowest BCUT2D eigenvalue weighted by atomic mass is 10.0. The third-order valence-corrected chi connectivity index (χ3v) is 4.19. The van der Waals surface area contributed by atoms with Gasteiger partial charge in [-0.3, -0.25) is 4.98 Å². The second-order valence-electron chi connectivity index (χ2n) is 6.19. The van der Waals surface area contributed by atoms with E-state index in [1.165, 1.54) is 10.5 Å². The third-order valence-electron chi connectivity index (χ3n) is 4.19. The van der Waals surface area contributed by atoms with E-state index in [4.69, 9.17) is 4.98 Å². The van der Waals surface area contributed by atoms with Crippen LogP contribution in [0, 0.1) is 0 Å². The molecule has 0 radical (unpaired) electrons. The average molecular weight is 300 g/mol. The van der Waals surface area contributed by atoms with E-state index >= 15 is 0 Å². The lowest BCUT2D eigenvalue weighted by Gasteiger charge is -2.16. The normalized spacial score (nSPS) is 13.6. The fourth-order valence-corrected chi connectivity index (χ4v) is 3.03. The van der Waals surface area contributed by atoms with E-state index < -0.39 is 5.97 Å². The van der Waals surface area contributed by atoms with Gasteiger partial charge in [0.25, 0.3) is 0 Å². The lowest BCUT2D eigenvalue weighted by Crippen LogP contribution is -3.06. The van der Waals surface area contributed by atoms with Crippen molar-refractivity contribution < 1.29 is 14.8 Å². The molecule has 0 amide bonds. The maximum atomic E-state index is 11.2. The first-order chi connectivity index (χ1) is 10.6. The predicted molar refractivity (Wildman–Crippen MR) is 86.9 cm³/mol. The molecule has 2 aromatic rings. The molecule has 0 saturated carbocycles. The van der Waals surface area contributed by atoms with Crippen molar-refractivity contribution in [3.05, 3.63) is 35.0 Å². The summed E-state index contributed by atoms with van der Waals surface area (Å²) in [6.45, 7) is 1.88. The SMILES string of the molecule is C[NH+](C)CCNc1c2c(nc3ccc(C(=O)O)cc13)CCC2. The van der Waals surface area contributed by atoms with Crippen molar-refractivity contribution in [1.29, 1.82) is 0 Å². The van der Waals surface area contributed by atoms with Crippen LogP contribution in [0.25, 0.3) is 10.9 Å². The van der Waals surface area contributed by atoms with E-state index in [0.717, 1.165) is 54.6 Å². The zero-order chi connectivity index (χ0) is 15.7. The van der Waals surface area contributed by atoms with Crippen molar-refractivity contribution in [2.75, 3.05) is 32.5 Å². The Balaban J connectivity index is 2.08. The number of carbonyl (C=O) groups is 1. The number of carboxylic acid groups (broad SMARTS) is 1. The summed E-state index contributed by atoms with van der Waals surface area (Å²) in [5.41, 5.74) is 4.71. The number of aryl methyl sites for hydroxylation is 1. The molecule has 5 heteroatoms. The van der Waals surface area contributed by atoms with Gasteiger partial charge in [0, 0.05) is 16.8 Å². The molecule has 0 bridgehead atoms. The van der Waals surface area contributed by atoms with Crippen LogP contribution in [0.3, 0.4) is 0 Å². The summed E-state index contributed by atoms with van der Waals surface area (Å²) >= 11 is 0. The Morgan fingerprint density at radius 1 is 1.36 bits per heavy atom. The maximum absolute atomic E-state index is 11.2. The van der Waals surface area contributed by atoms with E-state index in [0.29, 0.717) is 5.56 Å². The Labute approximate surface area is 130 Å². The van der Waals surface area contributed by atoms with Crippen LogP contribution in [-0.2, 0) is 12.8 Å². The highest BCUT2D eigenvalue weighted by Crippen LogP contribution is 2.34. The molecule has 1 aromatic carbocycles. The maximum Gasteiger partial charge on any atom is 0.335 e. The van der Waals surface area contributed by atoms with Crippen molar-refractivity contribution in [2.24, 2.45) is 0 Å². The molecule has 0 aliphatic heterocycles. The van der Waals surface area contributed by atoms with Gasteiger partial charge < -0.3 is 15.3 Å². The molecule has 0 saturated heterocycles. The number of anilines is 1. The first kappa shape index (κ1) is 14.8. The fourth-order valence-electron chi connectivity index (χ4n) is 3.03. The molecule has 3 rings (SSSR count). The number of hydrogen-bond acceptors (Lipinski definition) is 3. The van der Waals surface area contributed by atoms with Crippen LogP contribution in [0.5, 0.6) is 0 Å². The number of likely N-dealkylation sites (N-methyl/N-ethyl adjacent to an activating group) is 1. The number of quaternary nitrogens is 1. The highest BCUT2D eigenvalue weighted by molar-refractivity contribution is 5.99. The molecule has 0 spiro atoms. The molecule has 0 fully saturated rings. The largest absolute Gasteiger partial charge is 0.478 e. The van der Waals surface area contributed by atoms with E-state index in [1.54, 1.807) is 12.1 Å². The summed E-state index contributed by atoms with van der Waals surface area (Å²) in [5.74, 6) is -0.897. The molecular weight excluding hydrogens is 278 g/mol. The Bertz CT molecular complexity index is 725. The Morgan fingerprint density at radius 3 is 2.91 bits per heavy atom. The monoisotopic (exact) mass is 300 g/mol. The molecule has 1 aliphatic carbocycles. The van der Waals surface area contributed by atoms with E-state index in [1.807, 2.05) is 6.07 Å². The number of benzene rings is 1. The standard InChI is InChI=1S/C17H21N3O2/c1-20(2)9-8-18-16-12-4-3-5-14(12)19-15-7-6-11(17(21)22)10-13(15)16/h6-7,10H,3-5,8-9H2,1-2H3,(H,18,19)(H,21,22)/p+1. The third kappa shape index (κ3) is 2.76. The van der Waals surface area contributed by atoms with Gasteiger partial charge in [-0.2, -0.15) is 0 Å². The molecule has 0 unspecified atom stereocenters. The number of hydrogen-bond donors (Lipinski definition) is 3. The van der Waals surface area contributed by atoms with Crippen molar-refractivity contribution in [3.63, 3.8) is 0 Å². The van der Waals surface area contributed by atoms with Crippen LogP contribution >= 0.6 is 0 Å². The van der Waals surface area contributed by atoms with Gasteiger partial charge >= 0.3 is 5.97 Å². The summed E-state index contributed by atoms with van der Waals surface area (Å²) in [5, 5.41) is 13.7. The number of aromatic nitrogens is 1. The van der Waals surface area contributed by atoms with Crippen LogP contribution in [0.2, 0.25) is 0 Å². The van der Waals surface area contributed by atoms with Crippen molar-refractivity contribution in [2.45, 2.75) is 19.3 Å². The summed E-state index contributed by atoms with van der Waals surface area (Å²) < 4.78 is 0. The smallest absolute Gasteiger partial charge is 0.335 e. The topological polar surface area (TPSA) is 66.7 Å². The first-order valence-electron chi connectivity index (χ1n) is 7.78. The predicted octanol–water partition coefficient (Wildman–Crippen LogP) is 0.978. The summed E-state index contributed by atoms with van der Waals surface area (Å²) in [7, 11) is 4.25. The summed E-state index contributed by atoms with van der Waals surface area (Å²) in [6.07, 6.45) is 3.16. The Kier molecular flexibility index (Phi) is 3.98. The summed E-state index contributed by atoms with van der Waals surface area (Å²) in [6, 6.07) is 5.20. The van der Waals surface area contributed by atoms with Gasteiger partial charge in [-0.05, 0) is 43.0 Å². The average Bonchev–Trinajstić information content (AvgIpc) is 2.93. The van der Waals surface area contributed by atoms with E-state index in [2.05, 4.69) is 19.4 Å². The van der Waals surface area contributed by atoms with Crippen LogP contribution in [0.1, 0.15) is 28.0 Å². The van der Waals surface area contributed by atoms with Gasteiger partial charge in [-0.25, -0.2) is 4.79 Å². The van der Waals surface area contributed by atoms with Crippen molar-refractivity contribution >= 4 is 22.6 Å². The van der Waals surface area contributed by atoms with E-state index in [-0.39, 0.29) is 0 Å². The highest BCUT2D eigenvalue weighted by Gasteiger charge is 2.20. The summed E-state index contributed by atoms with van der Waals surface area (Å²) in [4.78, 5) is 17.4. The number of fused-ring (bicyclic) bond motifs is 2. The van der Waals surface area contributed by atoms with Gasteiger partial charge in [0.15, 0.2) is 0 Å². The number of pyridine rings is 1. The molecule has 22 heavy (non-hydrogen) atoms. The van der Waals surface area contributed by atoms with Crippen LogP contribution in [0.15, 0.2) is 18.2 Å². The van der Waals surface area contributed by atoms with Crippen molar-refractivity contribution in [1.82, 2.24) is 4.98 Å². The van der Waals surface area contributed by atoms with Crippen LogP contribution in [-0.4, -0.2) is 43.2 Å². The van der Waals surface area contributed by atoms with Gasteiger partial charge in [0.1, 0.15) is 0 Å². The van der Waals surface area contributed by atoms with Crippen LogP contribution < -0.4 is 10.2 Å². The molecule has 1 aliphatic rings. The molecule has 116 valence electrons. The minimum Gasteiger partial charge on any atom is -0.478 e. The van der Waals surface area contributed by atoms with Crippen molar-refractivity contribution in [3.8, 4) is 0 Å². The lowest BCUT2D eigenvalue weighted by molar-refractivity contribution is -0.856. The molecular formula is C17H22N3O2+. The second kappa shape index (κ2) is 5.93. The fraction of sp³-hybridized carbons (Fsp3) is 0.412. The Morgan fingerprint density at radius 2 is 2.18 bits per heavy atom. The molecule has 3 N–H and O–H groups in total. The molecule has 1 aromatic heterocycles. The first-order valence-corrected chi connectivity index (χ1v) is 7.78. The van der Waals surface area contributed by atoms with Gasteiger partial charge in [-0.15, -0.1) is 0 Å². The molecule has 0 atom stereocenters. The van der Waals surface area contributed by atoms with Gasteiger partial charge in [-0.1, -0.05) is 0 Å². The zero-order valence-corrected chi connectivity index (χ0v) is 13.1. The molecule has 1 heterocycles. The minimum absolute atomic E-state index is 0.313. The van der Waals surface area contributed by atoms with E-state index in [9.17, 15) is 9.90 Å². The second-order valence-corrected chi connectivity index (χ2v) is 6.19. The molecule has 5 nitrogen and oxygen atoms in total. The van der Waals surface area contributed by atoms with Gasteiger partial charge in [0.05, 0.1) is 38.3 Å².